The number of aromatic nitrogens is 2. The number of amides is 2. The number of benzene rings is 1. The van der Waals surface area contributed by atoms with Crippen molar-refractivity contribution in [2.75, 3.05) is 10.6 Å². The lowest BCUT2D eigenvalue weighted by Gasteiger charge is -2.13. The van der Waals surface area contributed by atoms with Crippen molar-refractivity contribution in [1.29, 1.82) is 0 Å². The number of carbonyl (C=O) groups is 1. The topological polar surface area (TPSA) is 59.0 Å². The Kier molecular flexibility index (Phi) is 3.88. The van der Waals surface area contributed by atoms with E-state index in [0.29, 0.717) is 11.5 Å². The maximum absolute atomic E-state index is 12.8. The molecule has 0 atom stereocenters. The van der Waals surface area contributed by atoms with Gasteiger partial charge in [-0.25, -0.2) is 4.79 Å². The van der Waals surface area contributed by atoms with E-state index in [1.807, 2.05) is 0 Å². The zero-order chi connectivity index (χ0) is 15.6. The van der Waals surface area contributed by atoms with E-state index in [1.165, 1.54) is 22.9 Å². The normalized spacial score (nSPS) is 11.3. The highest BCUT2D eigenvalue weighted by molar-refractivity contribution is 5.99. The number of hydrogen-bond donors (Lipinski definition) is 2. The molecule has 0 spiro atoms. The highest BCUT2D eigenvalue weighted by Gasteiger charge is 2.33. The SMILES string of the molecule is Cc1cc(NC(=O)Nc2ccccc2C(F)(F)F)n(C)n1. The van der Waals surface area contributed by atoms with Gasteiger partial charge in [0.1, 0.15) is 5.82 Å². The third-order valence-electron chi connectivity index (χ3n) is 2.72. The van der Waals surface area contributed by atoms with Crippen LogP contribution in [-0.2, 0) is 13.2 Å². The highest BCUT2D eigenvalue weighted by Crippen LogP contribution is 2.34. The Bertz CT molecular complexity index is 664. The highest BCUT2D eigenvalue weighted by atomic mass is 19.4. The second-order valence-electron chi connectivity index (χ2n) is 4.42. The molecule has 8 heteroatoms. The Morgan fingerprint density at radius 3 is 2.48 bits per heavy atom. The van der Waals surface area contributed by atoms with Gasteiger partial charge in [-0.15, -0.1) is 0 Å². The number of alkyl halides is 3. The second-order valence-corrected chi connectivity index (χ2v) is 4.42. The van der Waals surface area contributed by atoms with Crippen molar-refractivity contribution in [3.05, 3.63) is 41.6 Å². The van der Waals surface area contributed by atoms with Crippen LogP contribution in [0.25, 0.3) is 0 Å². The Balaban J connectivity index is 2.15. The van der Waals surface area contributed by atoms with Gasteiger partial charge in [-0.05, 0) is 19.1 Å². The summed E-state index contributed by atoms with van der Waals surface area (Å²) < 4.78 is 39.8. The lowest BCUT2D eigenvalue weighted by Crippen LogP contribution is -2.23. The average molecular weight is 298 g/mol. The van der Waals surface area contributed by atoms with Crippen LogP contribution in [0.15, 0.2) is 30.3 Å². The van der Waals surface area contributed by atoms with Crippen molar-refractivity contribution in [2.45, 2.75) is 13.1 Å². The van der Waals surface area contributed by atoms with Crippen molar-refractivity contribution in [1.82, 2.24) is 9.78 Å². The fraction of sp³-hybridized carbons (Fsp3) is 0.231. The van der Waals surface area contributed by atoms with Gasteiger partial charge in [0.25, 0.3) is 0 Å². The minimum absolute atomic E-state index is 0.304. The molecule has 2 amide bonds. The van der Waals surface area contributed by atoms with Gasteiger partial charge in [0.2, 0.25) is 0 Å². The van der Waals surface area contributed by atoms with E-state index in [-0.39, 0.29) is 5.69 Å². The van der Waals surface area contributed by atoms with Crippen LogP contribution in [0.1, 0.15) is 11.3 Å². The van der Waals surface area contributed by atoms with Gasteiger partial charge in [-0.2, -0.15) is 18.3 Å². The summed E-state index contributed by atoms with van der Waals surface area (Å²) in [6.45, 7) is 1.74. The van der Waals surface area contributed by atoms with Crippen LogP contribution in [0.3, 0.4) is 0 Å². The van der Waals surface area contributed by atoms with Crippen molar-refractivity contribution in [3.63, 3.8) is 0 Å². The smallest absolute Gasteiger partial charge is 0.307 e. The molecule has 0 aliphatic heterocycles. The van der Waals surface area contributed by atoms with Crippen LogP contribution in [0.2, 0.25) is 0 Å². The third-order valence-corrected chi connectivity index (χ3v) is 2.72. The van der Waals surface area contributed by atoms with E-state index in [0.717, 1.165) is 6.07 Å². The maximum Gasteiger partial charge on any atom is 0.418 e. The zero-order valence-electron chi connectivity index (χ0n) is 11.3. The summed E-state index contributed by atoms with van der Waals surface area (Å²) in [5.74, 6) is 0.384. The molecule has 0 bridgehead atoms. The van der Waals surface area contributed by atoms with Gasteiger partial charge < -0.3 is 5.32 Å². The van der Waals surface area contributed by atoms with E-state index >= 15 is 0 Å². The standard InChI is InChI=1S/C13H13F3N4O/c1-8-7-11(20(2)19-8)18-12(21)17-10-6-4-3-5-9(10)13(14,15)16/h3-7H,1-2H3,(H2,17,18,21). The van der Waals surface area contributed by atoms with Gasteiger partial charge >= 0.3 is 12.2 Å². The summed E-state index contributed by atoms with van der Waals surface area (Å²) in [7, 11) is 1.62. The van der Waals surface area contributed by atoms with E-state index in [9.17, 15) is 18.0 Å². The Hall–Kier alpha value is -2.51. The number of hydrogen-bond acceptors (Lipinski definition) is 2. The largest absolute Gasteiger partial charge is 0.418 e. The fourth-order valence-corrected chi connectivity index (χ4v) is 1.84. The van der Waals surface area contributed by atoms with Gasteiger partial charge in [0.15, 0.2) is 0 Å². The molecule has 1 heterocycles. The van der Waals surface area contributed by atoms with E-state index in [2.05, 4.69) is 15.7 Å². The number of anilines is 2. The summed E-state index contributed by atoms with van der Waals surface area (Å²) in [5.41, 5.74) is -0.522. The molecule has 2 rings (SSSR count). The van der Waals surface area contributed by atoms with Crippen LogP contribution in [0.5, 0.6) is 0 Å². The number of para-hydroxylation sites is 1. The van der Waals surface area contributed by atoms with Crippen LogP contribution >= 0.6 is 0 Å². The molecule has 1 aromatic heterocycles. The summed E-state index contributed by atoms with van der Waals surface area (Å²) in [6.07, 6.45) is -4.53. The summed E-state index contributed by atoms with van der Waals surface area (Å²) in [6, 6.07) is 5.61. The Morgan fingerprint density at radius 1 is 1.24 bits per heavy atom. The predicted molar refractivity (Wildman–Crippen MR) is 72.0 cm³/mol. The van der Waals surface area contributed by atoms with E-state index < -0.39 is 17.8 Å². The van der Waals surface area contributed by atoms with Gasteiger partial charge in [0.05, 0.1) is 16.9 Å². The first-order valence-electron chi connectivity index (χ1n) is 6.02. The number of aryl methyl sites for hydroxylation is 2. The molecule has 0 saturated heterocycles. The molecule has 0 aliphatic rings. The summed E-state index contributed by atoms with van der Waals surface area (Å²) >= 11 is 0. The van der Waals surface area contributed by atoms with E-state index in [4.69, 9.17) is 0 Å². The lowest BCUT2D eigenvalue weighted by atomic mass is 10.1. The molecular weight excluding hydrogens is 285 g/mol. The van der Waals surface area contributed by atoms with Gasteiger partial charge in [-0.3, -0.25) is 10.00 Å². The summed E-state index contributed by atoms with van der Waals surface area (Å²) in [5, 5.41) is 8.65. The first-order chi connectivity index (χ1) is 9.77. The van der Waals surface area contributed by atoms with Gasteiger partial charge in [-0.1, -0.05) is 12.1 Å². The molecule has 0 radical (unpaired) electrons. The molecule has 1 aromatic carbocycles. The van der Waals surface area contributed by atoms with Crippen LogP contribution in [0.4, 0.5) is 29.5 Å². The van der Waals surface area contributed by atoms with Crippen LogP contribution in [0, 0.1) is 6.92 Å². The number of halogens is 3. The van der Waals surface area contributed by atoms with E-state index in [1.54, 1.807) is 20.0 Å². The lowest BCUT2D eigenvalue weighted by molar-refractivity contribution is -0.136. The summed E-state index contributed by atoms with van der Waals surface area (Å²) in [4.78, 5) is 11.8. The molecule has 5 nitrogen and oxygen atoms in total. The first-order valence-corrected chi connectivity index (χ1v) is 6.02. The quantitative estimate of drug-likeness (QED) is 0.892. The van der Waals surface area contributed by atoms with Crippen molar-refractivity contribution >= 4 is 17.5 Å². The minimum atomic E-state index is -4.53. The van der Waals surface area contributed by atoms with Crippen molar-refractivity contribution < 1.29 is 18.0 Å². The molecule has 0 fully saturated rings. The average Bonchev–Trinajstić information content (AvgIpc) is 2.67. The maximum atomic E-state index is 12.8. The second kappa shape index (κ2) is 5.47. The van der Waals surface area contributed by atoms with Crippen molar-refractivity contribution in [3.8, 4) is 0 Å². The Morgan fingerprint density at radius 2 is 1.90 bits per heavy atom. The minimum Gasteiger partial charge on any atom is -0.307 e. The number of nitrogens with zero attached hydrogens (tertiary/aromatic N) is 2. The number of urea groups is 1. The van der Waals surface area contributed by atoms with Crippen molar-refractivity contribution in [2.24, 2.45) is 7.05 Å². The molecular formula is C13H13F3N4O. The van der Waals surface area contributed by atoms with Crippen LogP contribution in [-0.4, -0.2) is 15.8 Å². The monoisotopic (exact) mass is 298 g/mol. The molecule has 0 unspecified atom stereocenters. The Labute approximate surface area is 118 Å². The number of rotatable bonds is 2. The molecule has 112 valence electrons. The predicted octanol–water partition coefficient (Wildman–Crippen LogP) is 3.39. The van der Waals surface area contributed by atoms with Crippen LogP contribution < -0.4 is 10.6 Å². The molecule has 2 N–H and O–H groups in total. The molecule has 2 aromatic rings. The third kappa shape index (κ3) is 3.53. The molecule has 21 heavy (non-hydrogen) atoms. The molecule has 0 aliphatic carbocycles. The molecule has 0 saturated carbocycles. The number of carbonyl (C=O) groups excluding carboxylic acids is 1. The van der Waals surface area contributed by atoms with Gasteiger partial charge in [0, 0.05) is 13.1 Å². The zero-order valence-corrected chi connectivity index (χ0v) is 11.3. The fourth-order valence-electron chi connectivity index (χ4n) is 1.84. The first kappa shape index (κ1) is 14.9. The number of nitrogens with one attached hydrogen (secondary N) is 2.